The van der Waals surface area contributed by atoms with E-state index in [1.54, 1.807) is 71.9 Å². The Morgan fingerprint density at radius 2 is 1.75 bits per heavy atom. The SMILES string of the molecule is COC(C)(C)C(=O)N=C(N=CN)c1ccc([C@]2(C#N)O[C@H](COC(=O)Cc3ccccc3)[C@@H](OC(=O)[C@@H](NC(=O)OC(C)(C)C)C(C)(C)C)[C@H]2O)[nH]1. The fourth-order valence-electron chi connectivity index (χ4n) is 4.99. The third kappa shape index (κ3) is 10.2. The summed E-state index contributed by atoms with van der Waals surface area (Å²) in [5.74, 6) is -2.47. The first kappa shape index (κ1) is 41.3. The lowest BCUT2D eigenvalue weighted by molar-refractivity contribution is -0.164. The molecule has 1 aliphatic heterocycles. The summed E-state index contributed by atoms with van der Waals surface area (Å²) in [4.78, 5) is 63.0. The van der Waals surface area contributed by atoms with E-state index in [0.717, 1.165) is 6.34 Å². The topological polar surface area (TPSA) is 237 Å². The van der Waals surface area contributed by atoms with E-state index >= 15 is 0 Å². The lowest BCUT2D eigenvalue weighted by Gasteiger charge is -2.32. The minimum absolute atomic E-state index is 0.0331. The van der Waals surface area contributed by atoms with Crippen molar-refractivity contribution in [2.75, 3.05) is 13.7 Å². The van der Waals surface area contributed by atoms with E-state index in [0.29, 0.717) is 5.56 Å². The van der Waals surface area contributed by atoms with Crippen molar-refractivity contribution in [3.05, 3.63) is 59.4 Å². The number of alkyl carbamates (subject to hydrolysis) is 1. The van der Waals surface area contributed by atoms with Gasteiger partial charge >= 0.3 is 18.0 Å². The Kier molecular flexibility index (Phi) is 13.1. The number of benzene rings is 1. The van der Waals surface area contributed by atoms with Gasteiger partial charge in [0.25, 0.3) is 5.91 Å². The molecule has 16 nitrogen and oxygen atoms in total. The van der Waals surface area contributed by atoms with Gasteiger partial charge in [0.1, 0.15) is 42.1 Å². The number of amides is 2. The number of aliphatic hydroxyl groups is 1. The maximum absolute atomic E-state index is 13.8. The fraction of sp³-hybridized carbons (Fsp3) is 0.528. The van der Waals surface area contributed by atoms with Crippen LogP contribution in [0.4, 0.5) is 4.79 Å². The maximum atomic E-state index is 13.8. The molecule has 0 saturated carbocycles. The number of nitrogens with zero attached hydrogens (tertiary/aromatic N) is 3. The van der Waals surface area contributed by atoms with Gasteiger partial charge in [-0.05, 0) is 57.7 Å². The van der Waals surface area contributed by atoms with E-state index in [4.69, 9.17) is 29.4 Å². The predicted molar refractivity (Wildman–Crippen MR) is 188 cm³/mol. The normalized spacial score (nSPS) is 21.6. The Bertz CT molecular complexity index is 1700. The number of carbonyl (C=O) groups excluding carboxylic acids is 4. The molecular weight excluding hydrogens is 676 g/mol. The average molecular weight is 725 g/mol. The Labute approximate surface area is 302 Å². The molecule has 1 aromatic heterocycles. The maximum Gasteiger partial charge on any atom is 0.408 e. The van der Waals surface area contributed by atoms with Gasteiger partial charge in [-0.1, -0.05) is 51.1 Å². The summed E-state index contributed by atoms with van der Waals surface area (Å²) in [6.45, 7) is 12.5. The van der Waals surface area contributed by atoms with Crippen LogP contribution in [0.3, 0.4) is 0 Å². The van der Waals surface area contributed by atoms with Crippen LogP contribution in [0, 0.1) is 16.7 Å². The zero-order valence-corrected chi connectivity index (χ0v) is 30.9. The number of aliphatic hydroxyl groups excluding tert-OH is 1. The molecule has 1 aromatic carbocycles. The quantitative estimate of drug-likeness (QED) is 0.113. The molecule has 2 aromatic rings. The lowest BCUT2D eigenvalue weighted by atomic mass is 9.86. The molecule has 2 amide bonds. The van der Waals surface area contributed by atoms with Crippen molar-refractivity contribution < 1.29 is 48.0 Å². The number of aromatic amines is 1. The fourth-order valence-corrected chi connectivity index (χ4v) is 4.99. The number of aliphatic imine (C=N–C) groups is 2. The molecule has 0 radical (unpaired) electrons. The van der Waals surface area contributed by atoms with Crippen LogP contribution in [0.5, 0.6) is 0 Å². The molecular formula is C36H48N6O10. The molecule has 52 heavy (non-hydrogen) atoms. The first-order chi connectivity index (χ1) is 24.2. The summed E-state index contributed by atoms with van der Waals surface area (Å²) in [6.07, 6.45) is -4.88. The lowest BCUT2D eigenvalue weighted by Crippen LogP contribution is -2.53. The zero-order valence-electron chi connectivity index (χ0n) is 30.9. The van der Waals surface area contributed by atoms with Crippen LogP contribution in [-0.2, 0) is 50.1 Å². The van der Waals surface area contributed by atoms with E-state index in [-0.39, 0.29) is 23.6 Å². The molecule has 5 atom stereocenters. The first-order valence-electron chi connectivity index (χ1n) is 16.5. The minimum atomic E-state index is -2.23. The third-order valence-corrected chi connectivity index (χ3v) is 7.97. The van der Waals surface area contributed by atoms with E-state index in [1.807, 2.05) is 6.07 Å². The number of rotatable bonds is 11. The molecule has 1 fully saturated rings. The molecule has 0 spiro atoms. The second-order valence-electron chi connectivity index (χ2n) is 14.7. The summed E-state index contributed by atoms with van der Waals surface area (Å²) < 4.78 is 28.0. The van der Waals surface area contributed by atoms with Crippen molar-refractivity contribution >= 4 is 36.1 Å². The second kappa shape index (κ2) is 16.5. The molecule has 0 unspecified atom stereocenters. The number of ether oxygens (including phenoxy) is 5. The summed E-state index contributed by atoms with van der Waals surface area (Å²) >= 11 is 0. The molecule has 1 saturated heterocycles. The van der Waals surface area contributed by atoms with E-state index in [9.17, 15) is 29.5 Å². The second-order valence-corrected chi connectivity index (χ2v) is 14.7. The number of nitriles is 1. The van der Waals surface area contributed by atoms with Gasteiger partial charge in [0.05, 0.1) is 24.1 Å². The standard InChI is InChI=1S/C36H48N6O10/c1-33(2,3)27(41-32(47)52-34(4,5)6)30(45)50-26-23(18-49-25(43)17-21-13-11-10-12-14-21)51-36(19-37,28(26)44)24-16-15-22(40-24)29(39-20-38)42-31(46)35(7,8)48-9/h10-16,20,23,26-28,40,44H,17-18H2,1-9H3,(H,41,47)(H2,38,39,42,46)/t23-,26-,27-,28-,36+/m1/s1. The third-order valence-electron chi connectivity index (χ3n) is 7.97. The van der Waals surface area contributed by atoms with Crippen LogP contribution in [0.25, 0.3) is 0 Å². The number of carbonyl (C=O) groups is 4. The van der Waals surface area contributed by atoms with Crippen molar-refractivity contribution in [2.24, 2.45) is 21.1 Å². The highest BCUT2D eigenvalue weighted by Crippen LogP contribution is 2.41. The van der Waals surface area contributed by atoms with Crippen molar-refractivity contribution in [1.82, 2.24) is 10.3 Å². The molecule has 5 N–H and O–H groups in total. The molecule has 0 bridgehead atoms. The van der Waals surface area contributed by atoms with Gasteiger partial charge in [-0.15, -0.1) is 0 Å². The Morgan fingerprint density at radius 1 is 1.10 bits per heavy atom. The number of nitrogens with two attached hydrogens (primary N) is 1. The highest BCUT2D eigenvalue weighted by molar-refractivity contribution is 6.08. The number of hydrogen-bond acceptors (Lipinski definition) is 11. The molecule has 2 heterocycles. The summed E-state index contributed by atoms with van der Waals surface area (Å²) in [6, 6.07) is 12.3. The van der Waals surface area contributed by atoms with Crippen LogP contribution in [0.2, 0.25) is 0 Å². The van der Waals surface area contributed by atoms with Gasteiger partial charge in [-0.3, -0.25) is 9.59 Å². The average Bonchev–Trinajstić information content (AvgIpc) is 3.65. The smallest absolute Gasteiger partial charge is 0.408 e. The van der Waals surface area contributed by atoms with E-state index in [1.165, 1.54) is 33.1 Å². The highest BCUT2D eigenvalue weighted by atomic mass is 16.6. The zero-order chi connectivity index (χ0) is 39.1. The van der Waals surface area contributed by atoms with Gasteiger partial charge < -0.3 is 44.8 Å². The Hall–Kier alpha value is -5.11. The van der Waals surface area contributed by atoms with Gasteiger partial charge in [0.15, 0.2) is 11.9 Å². The number of hydrogen-bond donors (Lipinski definition) is 4. The van der Waals surface area contributed by atoms with Crippen LogP contribution in [-0.4, -0.2) is 95.5 Å². The van der Waals surface area contributed by atoms with Crippen LogP contribution in [0.1, 0.15) is 72.3 Å². The predicted octanol–water partition coefficient (Wildman–Crippen LogP) is 2.82. The monoisotopic (exact) mass is 724 g/mol. The van der Waals surface area contributed by atoms with Crippen LogP contribution >= 0.6 is 0 Å². The number of methoxy groups -OCH3 is 1. The molecule has 3 rings (SSSR count). The van der Waals surface area contributed by atoms with Gasteiger partial charge in [-0.2, -0.15) is 10.3 Å². The number of aromatic nitrogens is 1. The number of esters is 2. The van der Waals surface area contributed by atoms with Crippen molar-refractivity contribution in [3.8, 4) is 6.07 Å². The van der Waals surface area contributed by atoms with Crippen molar-refractivity contribution in [1.29, 1.82) is 5.26 Å². The number of amidine groups is 1. The molecule has 1 aliphatic rings. The molecule has 0 aliphatic carbocycles. The van der Waals surface area contributed by atoms with Crippen molar-refractivity contribution in [3.63, 3.8) is 0 Å². The summed E-state index contributed by atoms with van der Waals surface area (Å²) in [5.41, 5.74) is 0.974. The number of H-pyrrole nitrogens is 1. The van der Waals surface area contributed by atoms with E-state index < -0.39 is 77.1 Å². The largest absolute Gasteiger partial charge is 0.463 e. The van der Waals surface area contributed by atoms with Gasteiger partial charge in [0, 0.05) is 7.11 Å². The number of nitrogens with one attached hydrogen (secondary N) is 2. The first-order valence-corrected chi connectivity index (χ1v) is 16.5. The minimum Gasteiger partial charge on any atom is -0.463 e. The highest BCUT2D eigenvalue weighted by Gasteiger charge is 2.60. The summed E-state index contributed by atoms with van der Waals surface area (Å²) in [5, 5.41) is 24.9. The van der Waals surface area contributed by atoms with Crippen molar-refractivity contribution in [2.45, 2.75) is 103 Å². The van der Waals surface area contributed by atoms with Crippen LogP contribution in [0.15, 0.2) is 52.4 Å². The van der Waals surface area contributed by atoms with Gasteiger partial charge in [-0.25, -0.2) is 14.6 Å². The molecule has 16 heteroatoms. The summed E-state index contributed by atoms with van der Waals surface area (Å²) in [7, 11) is 1.34. The Balaban J connectivity index is 2.01. The Morgan fingerprint density at radius 3 is 2.31 bits per heavy atom. The van der Waals surface area contributed by atoms with Crippen LogP contribution < -0.4 is 11.1 Å². The van der Waals surface area contributed by atoms with Gasteiger partial charge in [0.2, 0.25) is 5.60 Å². The van der Waals surface area contributed by atoms with E-state index in [2.05, 4.69) is 20.3 Å². The molecule has 282 valence electrons.